The van der Waals surface area contributed by atoms with Gasteiger partial charge >= 0.3 is 6.03 Å². The molecule has 0 atom stereocenters. The number of aromatic nitrogens is 1. The summed E-state index contributed by atoms with van der Waals surface area (Å²) in [5.41, 5.74) is 3.83. The highest BCUT2D eigenvalue weighted by molar-refractivity contribution is 6.34. The number of rotatable bonds is 4. The Bertz CT molecular complexity index is 1430. The van der Waals surface area contributed by atoms with Crippen molar-refractivity contribution in [2.45, 2.75) is 6.92 Å². The minimum absolute atomic E-state index is 0.0791. The van der Waals surface area contributed by atoms with Gasteiger partial charge in [-0.1, -0.05) is 23.6 Å². The lowest BCUT2D eigenvalue weighted by Crippen LogP contribution is -2.43. The van der Waals surface area contributed by atoms with Crippen molar-refractivity contribution in [3.05, 3.63) is 59.1 Å². The number of nitrogens with zero attached hydrogens (tertiary/aromatic N) is 4. The van der Waals surface area contributed by atoms with E-state index in [1.165, 1.54) is 12.1 Å². The monoisotopic (exact) mass is 519 g/mol. The number of phenolic OH excluding ortho intramolecular Hbond substituents is 1. The number of piperazine rings is 1. The van der Waals surface area contributed by atoms with E-state index >= 15 is 0 Å². The molecule has 9 heteroatoms. The number of likely N-dealkylation sites (N-methyl/N-ethyl adjacent to an activating group) is 1. The Kier molecular flexibility index (Phi) is 6.92. The predicted octanol–water partition coefficient (Wildman–Crippen LogP) is 4.57. The molecule has 2 saturated heterocycles. The molecule has 0 aliphatic carbocycles. The number of hydrogen-bond donors (Lipinski definition) is 2. The van der Waals surface area contributed by atoms with Gasteiger partial charge in [0.05, 0.1) is 16.4 Å². The van der Waals surface area contributed by atoms with E-state index in [1.807, 2.05) is 6.07 Å². The molecule has 2 aliphatic rings. The summed E-state index contributed by atoms with van der Waals surface area (Å²) in [5, 5.41) is 15.0. The van der Waals surface area contributed by atoms with Crippen molar-refractivity contribution < 1.29 is 14.3 Å². The average Bonchev–Trinajstić information content (AvgIpc) is 3.23. The van der Waals surface area contributed by atoms with Crippen molar-refractivity contribution in [3.8, 4) is 39.8 Å². The first-order chi connectivity index (χ1) is 17.9. The summed E-state index contributed by atoms with van der Waals surface area (Å²) < 4.78 is 14.9. The molecular weight excluding hydrogens is 493 g/mol. The van der Waals surface area contributed by atoms with Crippen molar-refractivity contribution in [2.24, 2.45) is 0 Å². The number of hydrogen-bond acceptors (Lipinski definition) is 5. The van der Waals surface area contributed by atoms with Gasteiger partial charge in [-0.05, 0) is 48.7 Å². The fourth-order valence-corrected chi connectivity index (χ4v) is 5.05. The number of urea groups is 1. The molecule has 7 nitrogen and oxygen atoms in total. The zero-order valence-electron chi connectivity index (χ0n) is 20.7. The molecule has 0 radical (unpaired) electrons. The summed E-state index contributed by atoms with van der Waals surface area (Å²) in [5.74, 6) is 5.38. The lowest BCUT2D eigenvalue weighted by molar-refractivity contribution is 0.229. The van der Waals surface area contributed by atoms with E-state index in [0.29, 0.717) is 51.7 Å². The number of benzene rings is 2. The van der Waals surface area contributed by atoms with Gasteiger partial charge in [-0.2, -0.15) is 0 Å². The number of amides is 2. The van der Waals surface area contributed by atoms with Crippen LogP contribution in [-0.2, 0) is 0 Å². The van der Waals surface area contributed by atoms with Crippen LogP contribution in [0.1, 0.15) is 12.6 Å². The van der Waals surface area contributed by atoms with Crippen LogP contribution < -0.4 is 15.1 Å². The largest absolute Gasteiger partial charge is 0.507 e. The predicted molar refractivity (Wildman–Crippen MR) is 145 cm³/mol. The Balaban J connectivity index is 1.55. The lowest BCUT2D eigenvalue weighted by atomic mass is 9.97. The molecule has 3 heterocycles. The van der Waals surface area contributed by atoms with Crippen molar-refractivity contribution in [3.63, 3.8) is 0 Å². The van der Waals surface area contributed by atoms with Crippen molar-refractivity contribution in [2.75, 3.05) is 56.1 Å². The van der Waals surface area contributed by atoms with Gasteiger partial charge in [0.25, 0.3) is 0 Å². The second-order valence-corrected chi connectivity index (χ2v) is 9.48. The topological polar surface area (TPSA) is 71.9 Å². The minimum atomic E-state index is -0.500. The number of aromatic hydroxyl groups is 1. The number of carbonyl (C=O) groups excluding carboxylic acids is 1. The van der Waals surface area contributed by atoms with Crippen molar-refractivity contribution in [1.82, 2.24) is 15.2 Å². The Morgan fingerprint density at radius 1 is 1.03 bits per heavy atom. The Hall–Kier alpha value is -3.80. The van der Waals surface area contributed by atoms with Crippen LogP contribution >= 0.6 is 11.6 Å². The molecule has 0 spiro atoms. The summed E-state index contributed by atoms with van der Waals surface area (Å²) in [4.78, 5) is 22.4. The molecule has 2 fully saturated rings. The molecule has 5 rings (SSSR count). The van der Waals surface area contributed by atoms with Crippen LogP contribution in [-0.4, -0.2) is 67.3 Å². The van der Waals surface area contributed by atoms with E-state index in [1.54, 1.807) is 48.2 Å². The quantitative estimate of drug-likeness (QED) is 0.494. The van der Waals surface area contributed by atoms with Crippen LogP contribution in [0.2, 0.25) is 5.02 Å². The summed E-state index contributed by atoms with van der Waals surface area (Å²) >= 11 is 6.55. The maximum Gasteiger partial charge on any atom is 0.324 e. The van der Waals surface area contributed by atoms with E-state index < -0.39 is 5.82 Å². The third kappa shape index (κ3) is 4.80. The maximum atomic E-state index is 14.9. The first-order valence-electron chi connectivity index (χ1n) is 12.1. The van der Waals surface area contributed by atoms with Gasteiger partial charge in [-0.3, -0.25) is 4.90 Å². The molecule has 37 heavy (non-hydrogen) atoms. The van der Waals surface area contributed by atoms with Gasteiger partial charge in [-0.25, -0.2) is 14.2 Å². The number of pyridine rings is 1. The summed E-state index contributed by atoms with van der Waals surface area (Å²) in [6.07, 6.45) is 1.61. The molecule has 0 unspecified atom stereocenters. The van der Waals surface area contributed by atoms with Gasteiger partial charge in [0, 0.05) is 69.2 Å². The van der Waals surface area contributed by atoms with E-state index in [9.17, 15) is 14.3 Å². The summed E-state index contributed by atoms with van der Waals surface area (Å²) in [7, 11) is 1.74. The normalized spacial score (nSPS) is 15.7. The molecule has 0 saturated carbocycles. The van der Waals surface area contributed by atoms with E-state index in [-0.39, 0.29) is 11.8 Å². The molecule has 190 valence electrons. The molecule has 2 amide bonds. The van der Waals surface area contributed by atoms with Crippen LogP contribution in [0.25, 0.3) is 22.3 Å². The smallest absolute Gasteiger partial charge is 0.324 e. The van der Waals surface area contributed by atoms with Crippen LogP contribution in [0.3, 0.4) is 0 Å². The first-order valence-corrected chi connectivity index (χ1v) is 12.5. The molecule has 2 aromatic carbocycles. The van der Waals surface area contributed by atoms with E-state index in [4.69, 9.17) is 11.6 Å². The highest BCUT2D eigenvalue weighted by Crippen LogP contribution is 2.42. The number of nitrogens with one attached hydrogen (secondary N) is 1. The lowest BCUT2D eigenvalue weighted by Gasteiger charge is -2.30. The van der Waals surface area contributed by atoms with Gasteiger partial charge < -0.3 is 20.2 Å². The van der Waals surface area contributed by atoms with Gasteiger partial charge in [0.2, 0.25) is 0 Å². The van der Waals surface area contributed by atoms with Gasteiger partial charge in [0.15, 0.2) is 0 Å². The highest BCUT2D eigenvalue weighted by Gasteiger charge is 2.28. The second kappa shape index (κ2) is 10.3. The zero-order valence-corrected chi connectivity index (χ0v) is 21.4. The van der Waals surface area contributed by atoms with Crippen LogP contribution in [0.15, 0.2) is 42.6 Å². The Morgan fingerprint density at radius 3 is 2.41 bits per heavy atom. The maximum absolute atomic E-state index is 14.9. The second-order valence-electron chi connectivity index (χ2n) is 9.08. The minimum Gasteiger partial charge on any atom is -0.507 e. The molecular formula is C28H27ClFN5O2. The summed E-state index contributed by atoms with van der Waals surface area (Å²) in [6.45, 7) is 6.18. The zero-order chi connectivity index (χ0) is 26.1. The molecule has 0 bridgehead atoms. The fraction of sp³-hybridized carbons (Fsp3) is 0.286. The van der Waals surface area contributed by atoms with Gasteiger partial charge in [0.1, 0.15) is 17.3 Å². The standard InChI is InChI=1S/C28H27ClFN5O2/c1-3-4-24-26(34-9-7-31-8-10-34)14-19(17-32-24)22-16-20(30)15-21(27(22)36)18-5-6-25(23(29)13-18)35-12-11-33(2)28(35)37/h5-6,13-17,31,36H,7-12H2,1-2H3. The van der Waals surface area contributed by atoms with Crippen molar-refractivity contribution >= 4 is 29.0 Å². The number of carbonyl (C=O) groups is 1. The summed E-state index contributed by atoms with van der Waals surface area (Å²) in [6, 6.07) is 9.45. The molecule has 1 aromatic heterocycles. The number of anilines is 2. The fourth-order valence-electron chi connectivity index (χ4n) is 4.77. The number of phenols is 1. The third-order valence-electron chi connectivity index (χ3n) is 6.72. The first kappa shape index (κ1) is 24.9. The van der Waals surface area contributed by atoms with Crippen LogP contribution in [0, 0.1) is 17.7 Å². The third-order valence-corrected chi connectivity index (χ3v) is 7.02. The van der Waals surface area contributed by atoms with Crippen LogP contribution in [0.5, 0.6) is 5.75 Å². The molecule has 2 aliphatic heterocycles. The van der Waals surface area contributed by atoms with E-state index in [2.05, 4.69) is 27.0 Å². The average molecular weight is 520 g/mol. The Morgan fingerprint density at radius 2 is 1.76 bits per heavy atom. The highest BCUT2D eigenvalue weighted by atomic mass is 35.5. The molecule has 3 aromatic rings. The molecule has 2 N–H and O–H groups in total. The van der Waals surface area contributed by atoms with Crippen molar-refractivity contribution in [1.29, 1.82) is 0 Å². The number of halogens is 2. The Labute approximate surface area is 220 Å². The van der Waals surface area contributed by atoms with Gasteiger partial charge in [-0.15, -0.1) is 0 Å². The van der Waals surface area contributed by atoms with Crippen LogP contribution in [0.4, 0.5) is 20.6 Å². The SMILES string of the molecule is CC#Cc1ncc(-c2cc(F)cc(-c3ccc(N4CCN(C)C4=O)c(Cl)c3)c2O)cc1N1CCNCC1. The van der Waals surface area contributed by atoms with E-state index in [0.717, 1.165) is 31.9 Å².